The van der Waals surface area contributed by atoms with Crippen molar-refractivity contribution in [3.05, 3.63) is 47.3 Å². The van der Waals surface area contributed by atoms with Crippen LogP contribution >= 0.6 is 11.8 Å². The number of rotatable bonds is 7. The van der Waals surface area contributed by atoms with Crippen molar-refractivity contribution in [2.45, 2.75) is 44.4 Å². The summed E-state index contributed by atoms with van der Waals surface area (Å²) in [6, 6.07) is 8.52. The molecule has 21 heavy (non-hydrogen) atoms. The van der Waals surface area contributed by atoms with E-state index in [1.165, 1.54) is 16.7 Å². The molecule has 0 aliphatic carbocycles. The van der Waals surface area contributed by atoms with E-state index in [0.717, 1.165) is 36.0 Å². The highest BCUT2D eigenvalue weighted by atomic mass is 32.2. The number of hydrogen-bond donors (Lipinski definition) is 1. The van der Waals surface area contributed by atoms with Gasteiger partial charge in [0.15, 0.2) is 0 Å². The van der Waals surface area contributed by atoms with Gasteiger partial charge in [0.05, 0.1) is 0 Å². The van der Waals surface area contributed by atoms with Crippen molar-refractivity contribution in [1.82, 2.24) is 9.97 Å². The highest BCUT2D eigenvalue weighted by Gasteiger charge is 2.10. The van der Waals surface area contributed by atoms with Crippen molar-refractivity contribution in [2.75, 3.05) is 11.9 Å². The second kappa shape index (κ2) is 8.03. The molecule has 0 unspecified atom stereocenters. The fourth-order valence-corrected chi connectivity index (χ4v) is 3.31. The molecule has 2 aromatic rings. The Labute approximate surface area is 131 Å². The zero-order valence-electron chi connectivity index (χ0n) is 13.0. The van der Waals surface area contributed by atoms with Gasteiger partial charge in [-0.2, -0.15) is 0 Å². The number of benzene rings is 1. The molecule has 0 bridgehead atoms. The van der Waals surface area contributed by atoms with Gasteiger partial charge < -0.3 is 5.32 Å². The van der Waals surface area contributed by atoms with Gasteiger partial charge >= 0.3 is 0 Å². The second-order valence-electron chi connectivity index (χ2n) is 5.00. The molecule has 0 saturated heterocycles. The molecule has 0 saturated carbocycles. The van der Waals surface area contributed by atoms with Crippen LogP contribution in [0.5, 0.6) is 0 Å². The Balaban J connectivity index is 2.14. The number of nitrogens with one attached hydrogen (secondary N) is 1. The fraction of sp³-hybridized carbons (Fsp3) is 0.412. The summed E-state index contributed by atoms with van der Waals surface area (Å²) >= 11 is 1.80. The van der Waals surface area contributed by atoms with E-state index in [2.05, 4.69) is 60.3 Å². The predicted octanol–water partition coefficient (Wildman–Crippen LogP) is 4.46. The fourth-order valence-electron chi connectivity index (χ4n) is 2.15. The molecule has 0 atom stereocenters. The summed E-state index contributed by atoms with van der Waals surface area (Å²) in [6.07, 6.45) is 3.71. The number of hydrogen-bond acceptors (Lipinski definition) is 4. The van der Waals surface area contributed by atoms with Crippen LogP contribution in [0.25, 0.3) is 0 Å². The molecular formula is C17H23N3S. The minimum absolute atomic E-state index is 0.947. The zero-order chi connectivity index (χ0) is 15.1. The van der Waals surface area contributed by atoms with Crippen LogP contribution in [-0.2, 0) is 12.2 Å². The third-order valence-electron chi connectivity index (χ3n) is 3.43. The standard InChI is InChI=1S/C17H23N3S/c1-4-10-18-16-15(5-2)17(20-12-19-16)21-11-14-9-7-6-8-13(14)3/h6-9,12H,4-5,10-11H2,1-3H3,(H,18,19,20). The Morgan fingerprint density at radius 2 is 1.95 bits per heavy atom. The van der Waals surface area contributed by atoms with Crippen molar-refractivity contribution in [3.8, 4) is 0 Å². The SMILES string of the molecule is CCCNc1ncnc(SCc2ccccc2C)c1CC. The molecule has 0 radical (unpaired) electrons. The first-order valence-corrected chi connectivity index (χ1v) is 8.49. The van der Waals surface area contributed by atoms with Crippen LogP contribution in [0, 0.1) is 6.92 Å². The van der Waals surface area contributed by atoms with Crippen LogP contribution in [-0.4, -0.2) is 16.5 Å². The third kappa shape index (κ3) is 4.21. The Morgan fingerprint density at radius 3 is 2.67 bits per heavy atom. The first kappa shape index (κ1) is 15.8. The van der Waals surface area contributed by atoms with Crippen LogP contribution in [0.1, 0.15) is 37.0 Å². The summed E-state index contributed by atoms with van der Waals surface area (Å²) in [5, 5.41) is 4.49. The van der Waals surface area contributed by atoms with Gasteiger partial charge in [-0.3, -0.25) is 0 Å². The van der Waals surface area contributed by atoms with Crippen LogP contribution in [0.15, 0.2) is 35.6 Å². The number of aromatic nitrogens is 2. The van der Waals surface area contributed by atoms with Gasteiger partial charge in [-0.15, -0.1) is 11.8 Å². The van der Waals surface area contributed by atoms with Crippen molar-refractivity contribution in [2.24, 2.45) is 0 Å². The minimum atomic E-state index is 0.947. The topological polar surface area (TPSA) is 37.8 Å². The lowest BCUT2D eigenvalue weighted by Gasteiger charge is -2.13. The number of nitrogens with zero attached hydrogens (tertiary/aromatic N) is 2. The van der Waals surface area contributed by atoms with E-state index in [1.807, 2.05) is 0 Å². The number of aryl methyl sites for hydroxylation is 1. The van der Waals surface area contributed by atoms with Crippen molar-refractivity contribution in [3.63, 3.8) is 0 Å². The predicted molar refractivity (Wildman–Crippen MR) is 90.9 cm³/mol. The molecular weight excluding hydrogens is 278 g/mol. The van der Waals surface area contributed by atoms with Gasteiger partial charge in [-0.25, -0.2) is 9.97 Å². The largest absolute Gasteiger partial charge is 0.370 e. The van der Waals surface area contributed by atoms with Gasteiger partial charge in [0.1, 0.15) is 17.2 Å². The van der Waals surface area contributed by atoms with E-state index in [9.17, 15) is 0 Å². The van der Waals surface area contributed by atoms with Crippen molar-refractivity contribution in [1.29, 1.82) is 0 Å². The van der Waals surface area contributed by atoms with Crippen molar-refractivity contribution < 1.29 is 0 Å². The smallest absolute Gasteiger partial charge is 0.133 e. The van der Waals surface area contributed by atoms with Gasteiger partial charge in [0, 0.05) is 17.9 Å². The summed E-state index contributed by atoms with van der Waals surface area (Å²) in [5.74, 6) is 1.94. The molecule has 0 aliphatic heterocycles. The normalized spacial score (nSPS) is 10.6. The molecule has 112 valence electrons. The molecule has 2 rings (SSSR count). The summed E-state index contributed by atoms with van der Waals surface area (Å²) < 4.78 is 0. The van der Waals surface area contributed by atoms with Crippen LogP contribution in [0.4, 0.5) is 5.82 Å². The Morgan fingerprint density at radius 1 is 1.14 bits per heavy atom. The molecule has 0 spiro atoms. The van der Waals surface area contributed by atoms with Gasteiger partial charge in [-0.05, 0) is 30.9 Å². The number of anilines is 1. The van der Waals surface area contributed by atoms with E-state index in [0.29, 0.717) is 0 Å². The third-order valence-corrected chi connectivity index (χ3v) is 4.51. The number of thioether (sulfide) groups is 1. The van der Waals surface area contributed by atoms with E-state index in [4.69, 9.17) is 0 Å². The molecule has 0 fully saturated rings. The zero-order valence-corrected chi connectivity index (χ0v) is 13.8. The van der Waals surface area contributed by atoms with Crippen LogP contribution in [0.3, 0.4) is 0 Å². The van der Waals surface area contributed by atoms with E-state index >= 15 is 0 Å². The average Bonchev–Trinajstić information content (AvgIpc) is 2.52. The monoisotopic (exact) mass is 301 g/mol. The molecule has 3 nitrogen and oxygen atoms in total. The second-order valence-corrected chi connectivity index (χ2v) is 5.97. The molecule has 1 heterocycles. The lowest BCUT2D eigenvalue weighted by Crippen LogP contribution is -2.07. The van der Waals surface area contributed by atoms with Gasteiger partial charge in [0.25, 0.3) is 0 Å². The summed E-state index contributed by atoms with van der Waals surface area (Å²) in [4.78, 5) is 8.86. The molecule has 0 aliphatic rings. The highest BCUT2D eigenvalue weighted by Crippen LogP contribution is 2.28. The van der Waals surface area contributed by atoms with Crippen LogP contribution in [0.2, 0.25) is 0 Å². The lowest BCUT2D eigenvalue weighted by atomic mass is 10.1. The average molecular weight is 301 g/mol. The van der Waals surface area contributed by atoms with E-state index in [-0.39, 0.29) is 0 Å². The Kier molecular flexibility index (Phi) is 6.05. The minimum Gasteiger partial charge on any atom is -0.370 e. The Hall–Kier alpha value is -1.55. The summed E-state index contributed by atoms with van der Waals surface area (Å²) in [5.41, 5.74) is 3.93. The first-order valence-electron chi connectivity index (χ1n) is 7.51. The summed E-state index contributed by atoms with van der Waals surface area (Å²) in [6.45, 7) is 7.43. The molecule has 4 heteroatoms. The molecule has 1 aromatic carbocycles. The van der Waals surface area contributed by atoms with Gasteiger partial charge in [0.2, 0.25) is 0 Å². The quantitative estimate of drug-likeness (QED) is 0.605. The maximum Gasteiger partial charge on any atom is 0.133 e. The maximum atomic E-state index is 4.47. The van der Waals surface area contributed by atoms with Gasteiger partial charge in [-0.1, -0.05) is 38.1 Å². The summed E-state index contributed by atoms with van der Waals surface area (Å²) in [7, 11) is 0. The van der Waals surface area contributed by atoms with Crippen molar-refractivity contribution >= 4 is 17.6 Å². The first-order chi connectivity index (χ1) is 10.3. The highest BCUT2D eigenvalue weighted by molar-refractivity contribution is 7.98. The molecule has 0 amide bonds. The van der Waals surface area contributed by atoms with Crippen LogP contribution < -0.4 is 5.32 Å². The molecule has 1 N–H and O–H groups in total. The molecule has 1 aromatic heterocycles. The lowest BCUT2D eigenvalue weighted by molar-refractivity contribution is 0.911. The Bertz CT molecular complexity index is 584. The van der Waals surface area contributed by atoms with E-state index in [1.54, 1.807) is 18.1 Å². The van der Waals surface area contributed by atoms with E-state index < -0.39 is 0 Å². The maximum absolute atomic E-state index is 4.47.